The number of hydrogen-bond acceptors (Lipinski definition) is 3. The SMILES string of the molecule is O=C(CSc1ccc(F)cc1)Nc1ccccc1C(=O)Nc1ccccc1. The second-order valence-electron chi connectivity index (χ2n) is 5.66. The molecule has 0 atom stereocenters. The molecule has 0 fully saturated rings. The Morgan fingerprint density at radius 2 is 1.48 bits per heavy atom. The predicted molar refractivity (Wildman–Crippen MR) is 107 cm³/mol. The van der Waals surface area contributed by atoms with Crippen LogP contribution in [0, 0.1) is 5.82 Å². The first-order valence-electron chi connectivity index (χ1n) is 8.25. The van der Waals surface area contributed by atoms with Crippen LogP contribution < -0.4 is 10.6 Å². The summed E-state index contributed by atoms with van der Waals surface area (Å²) < 4.78 is 12.9. The summed E-state index contributed by atoms with van der Waals surface area (Å²) in [5.41, 5.74) is 1.49. The fourth-order valence-electron chi connectivity index (χ4n) is 2.38. The van der Waals surface area contributed by atoms with Crippen LogP contribution in [0.2, 0.25) is 0 Å². The van der Waals surface area contributed by atoms with E-state index in [1.807, 2.05) is 18.2 Å². The highest BCUT2D eigenvalue weighted by molar-refractivity contribution is 8.00. The minimum absolute atomic E-state index is 0.153. The number of benzene rings is 3. The van der Waals surface area contributed by atoms with E-state index in [1.54, 1.807) is 48.5 Å². The standard InChI is InChI=1S/C21H17FN2O2S/c22-15-10-12-17(13-11-15)27-14-20(25)24-19-9-5-4-8-18(19)21(26)23-16-6-2-1-3-7-16/h1-13H,14H2,(H,23,26)(H,24,25). The smallest absolute Gasteiger partial charge is 0.257 e. The molecule has 136 valence electrons. The second kappa shape index (κ2) is 9.00. The lowest BCUT2D eigenvalue weighted by atomic mass is 10.1. The molecule has 0 aromatic heterocycles. The van der Waals surface area contributed by atoms with Gasteiger partial charge in [-0.05, 0) is 48.5 Å². The summed E-state index contributed by atoms with van der Waals surface area (Å²) in [6.45, 7) is 0. The summed E-state index contributed by atoms with van der Waals surface area (Å²) in [5, 5.41) is 5.57. The molecule has 0 heterocycles. The molecule has 2 N–H and O–H groups in total. The molecule has 3 aromatic carbocycles. The van der Waals surface area contributed by atoms with Crippen LogP contribution in [0.5, 0.6) is 0 Å². The number of nitrogens with one attached hydrogen (secondary N) is 2. The third kappa shape index (κ3) is 5.43. The van der Waals surface area contributed by atoms with Crippen LogP contribution in [0.25, 0.3) is 0 Å². The normalized spacial score (nSPS) is 10.3. The largest absolute Gasteiger partial charge is 0.325 e. The molecule has 0 spiro atoms. The Bertz CT molecular complexity index is 930. The number of carbonyl (C=O) groups is 2. The van der Waals surface area contributed by atoms with Gasteiger partial charge < -0.3 is 10.6 Å². The summed E-state index contributed by atoms with van der Waals surface area (Å²) in [5.74, 6) is -0.713. The van der Waals surface area contributed by atoms with Crippen LogP contribution in [-0.2, 0) is 4.79 Å². The summed E-state index contributed by atoms with van der Waals surface area (Å²) in [7, 11) is 0. The minimum Gasteiger partial charge on any atom is -0.325 e. The number of anilines is 2. The molecule has 0 unspecified atom stereocenters. The lowest BCUT2D eigenvalue weighted by Crippen LogP contribution is -2.19. The quantitative estimate of drug-likeness (QED) is 0.604. The molecule has 4 nitrogen and oxygen atoms in total. The average Bonchev–Trinajstić information content (AvgIpc) is 2.69. The first-order valence-corrected chi connectivity index (χ1v) is 9.24. The van der Waals surface area contributed by atoms with E-state index in [0.29, 0.717) is 16.9 Å². The monoisotopic (exact) mass is 380 g/mol. The van der Waals surface area contributed by atoms with Crippen molar-refractivity contribution in [2.45, 2.75) is 4.90 Å². The zero-order valence-electron chi connectivity index (χ0n) is 14.3. The van der Waals surface area contributed by atoms with E-state index in [9.17, 15) is 14.0 Å². The van der Waals surface area contributed by atoms with E-state index >= 15 is 0 Å². The molecule has 27 heavy (non-hydrogen) atoms. The maximum atomic E-state index is 12.9. The summed E-state index contributed by atoms with van der Waals surface area (Å²) >= 11 is 1.29. The zero-order chi connectivity index (χ0) is 19.1. The first kappa shape index (κ1) is 18.7. The van der Waals surface area contributed by atoms with E-state index < -0.39 is 0 Å². The predicted octanol–water partition coefficient (Wildman–Crippen LogP) is 4.81. The van der Waals surface area contributed by atoms with Gasteiger partial charge in [0.25, 0.3) is 5.91 Å². The highest BCUT2D eigenvalue weighted by atomic mass is 32.2. The summed E-state index contributed by atoms with van der Waals surface area (Å²) in [4.78, 5) is 25.6. The van der Waals surface area contributed by atoms with Gasteiger partial charge in [-0.2, -0.15) is 0 Å². The molecule has 0 aliphatic rings. The van der Waals surface area contributed by atoms with Crippen molar-refractivity contribution in [3.05, 3.63) is 90.2 Å². The van der Waals surface area contributed by atoms with E-state index in [2.05, 4.69) is 10.6 Å². The van der Waals surface area contributed by atoms with Gasteiger partial charge in [0.2, 0.25) is 5.91 Å². The van der Waals surface area contributed by atoms with Crippen LogP contribution in [0.3, 0.4) is 0 Å². The number of thioether (sulfide) groups is 1. The number of rotatable bonds is 6. The Hall–Kier alpha value is -3.12. The van der Waals surface area contributed by atoms with Gasteiger partial charge in [-0.25, -0.2) is 4.39 Å². The Kier molecular flexibility index (Phi) is 6.22. The zero-order valence-corrected chi connectivity index (χ0v) is 15.1. The highest BCUT2D eigenvalue weighted by Crippen LogP contribution is 2.20. The van der Waals surface area contributed by atoms with Crippen molar-refractivity contribution in [2.75, 3.05) is 16.4 Å². The maximum absolute atomic E-state index is 12.9. The van der Waals surface area contributed by atoms with Crippen molar-refractivity contribution in [2.24, 2.45) is 0 Å². The molecule has 0 saturated carbocycles. The van der Waals surface area contributed by atoms with Crippen molar-refractivity contribution in [1.82, 2.24) is 0 Å². The molecule has 0 bridgehead atoms. The average molecular weight is 380 g/mol. The minimum atomic E-state index is -0.317. The number of carbonyl (C=O) groups excluding carboxylic acids is 2. The molecule has 0 saturated heterocycles. The van der Waals surface area contributed by atoms with Crippen molar-refractivity contribution in [1.29, 1.82) is 0 Å². The van der Waals surface area contributed by atoms with Crippen molar-refractivity contribution in [3.63, 3.8) is 0 Å². The molecule has 3 aromatic rings. The molecule has 6 heteroatoms. The van der Waals surface area contributed by atoms with Gasteiger partial charge in [0.05, 0.1) is 17.0 Å². The molecular formula is C21H17FN2O2S. The molecule has 0 aliphatic heterocycles. The molecular weight excluding hydrogens is 363 g/mol. The Morgan fingerprint density at radius 1 is 0.815 bits per heavy atom. The molecule has 0 aliphatic carbocycles. The van der Waals surface area contributed by atoms with Gasteiger partial charge >= 0.3 is 0 Å². The number of para-hydroxylation sites is 2. The van der Waals surface area contributed by atoms with Crippen LogP contribution in [0.4, 0.5) is 15.8 Å². The third-order valence-corrected chi connectivity index (χ3v) is 4.67. The number of amides is 2. The summed E-state index contributed by atoms with van der Waals surface area (Å²) in [6.07, 6.45) is 0. The number of hydrogen-bond donors (Lipinski definition) is 2. The van der Waals surface area contributed by atoms with Crippen molar-refractivity contribution in [3.8, 4) is 0 Å². The Balaban J connectivity index is 1.63. The second-order valence-corrected chi connectivity index (χ2v) is 6.71. The fraction of sp³-hybridized carbons (Fsp3) is 0.0476. The van der Waals surface area contributed by atoms with Crippen LogP contribution in [0.1, 0.15) is 10.4 Å². The maximum Gasteiger partial charge on any atom is 0.257 e. The topological polar surface area (TPSA) is 58.2 Å². The van der Waals surface area contributed by atoms with Gasteiger partial charge in [0.15, 0.2) is 0 Å². The van der Waals surface area contributed by atoms with Gasteiger partial charge in [-0.1, -0.05) is 30.3 Å². The van der Waals surface area contributed by atoms with E-state index in [1.165, 1.54) is 23.9 Å². The van der Waals surface area contributed by atoms with E-state index in [4.69, 9.17) is 0 Å². The van der Waals surface area contributed by atoms with E-state index in [-0.39, 0.29) is 23.4 Å². The first-order chi connectivity index (χ1) is 13.1. The van der Waals surface area contributed by atoms with Gasteiger partial charge in [-0.3, -0.25) is 9.59 Å². The number of halogens is 1. The van der Waals surface area contributed by atoms with Gasteiger partial charge in [0, 0.05) is 10.6 Å². The van der Waals surface area contributed by atoms with Crippen LogP contribution in [0.15, 0.2) is 83.8 Å². The lowest BCUT2D eigenvalue weighted by Gasteiger charge is -2.11. The van der Waals surface area contributed by atoms with Gasteiger partial charge in [0.1, 0.15) is 5.82 Å². The van der Waals surface area contributed by atoms with Crippen LogP contribution in [-0.4, -0.2) is 17.6 Å². The molecule has 3 rings (SSSR count). The Labute approximate surface area is 160 Å². The third-order valence-electron chi connectivity index (χ3n) is 3.66. The molecule has 2 amide bonds. The van der Waals surface area contributed by atoms with Crippen molar-refractivity contribution >= 4 is 35.0 Å². The molecule has 0 radical (unpaired) electrons. The fourth-order valence-corrected chi connectivity index (χ4v) is 3.07. The van der Waals surface area contributed by atoms with E-state index in [0.717, 1.165) is 4.90 Å². The highest BCUT2D eigenvalue weighted by Gasteiger charge is 2.13. The Morgan fingerprint density at radius 3 is 2.22 bits per heavy atom. The van der Waals surface area contributed by atoms with Crippen LogP contribution >= 0.6 is 11.8 Å². The lowest BCUT2D eigenvalue weighted by molar-refractivity contribution is -0.113. The van der Waals surface area contributed by atoms with Crippen molar-refractivity contribution < 1.29 is 14.0 Å². The summed E-state index contributed by atoms with van der Waals surface area (Å²) in [6, 6.07) is 21.9. The van der Waals surface area contributed by atoms with Gasteiger partial charge in [-0.15, -0.1) is 11.8 Å².